The summed E-state index contributed by atoms with van der Waals surface area (Å²) in [5, 5.41) is 5.27. The van der Waals surface area contributed by atoms with Gasteiger partial charge in [0, 0.05) is 52.0 Å². The molecule has 29 heavy (non-hydrogen) atoms. The van der Waals surface area contributed by atoms with Gasteiger partial charge in [-0.2, -0.15) is 5.10 Å². The fraction of sp³-hybridized carbons (Fsp3) is 0.350. The molecule has 4 aromatic heterocycles. The lowest BCUT2D eigenvalue weighted by atomic mass is 10.2. The Balaban J connectivity index is 1.31. The first-order valence-corrected chi connectivity index (χ1v) is 9.67. The second kappa shape index (κ2) is 6.93. The van der Waals surface area contributed by atoms with Gasteiger partial charge in [-0.1, -0.05) is 6.07 Å². The third-order valence-corrected chi connectivity index (χ3v) is 5.43. The summed E-state index contributed by atoms with van der Waals surface area (Å²) in [5.74, 6) is 0.931. The number of nitrogens with zero attached hydrogens (tertiary/aromatic N) is 8. The van der Waals surface area contributed by atoms with E-state index < -0.39 is 0 Å². The molecule has 148 valence electrons. The summed E-state index contributed by atoms with van der Waals surface area (Å²) < 4.78 is 3.37. The minimum atomic E-state index is -0.0349. The van der Waals surface area contributed by atoms with Crippen LogP contribution in [0.1, 0.15) is 11.3 Å². The number of hydrogen-bond acceptors (Lipinski definition) is 7. The predicted molar refractivity (Wildman–Crippen MR) is 110 cm³/mol. The summed E-state index contributed by atoms with van der Waals surface area (Å²) >= 11 is 0. The Morgan fingerprint density at radius 1 is 1.10 bits per heavy atom. The second-order valence-corrected chi connectivity index (χ2v) is 7.49. The SMILES string of the molecule is Cc1ccc2nc(CN3CCN(c4ncnc5c4cnn5C)CC3)cc(=O)n2c1. The van der Waals surface area contributed by atoms with E-state index in [1.165, 1.54) is 0 Å². The van der Waals surface area contributed by atoms with Gasteiger partial charge in [0.15, 0.2) is 5.65 Å². The van der Waals surface area contributed by atoms with Crippen LogP contribution >= 0.6 is 0 Å². The van der Waals surface area contributed by atoms with Crippen LogP contribution in [0, 0.1) is 6.92 Å². The molecule has 0 radical (unpaired) electrons. The smallest absolute Gasteiger partial charge is 0.258 e. The van der Waals surface area contributed by atoms with Crippen LogP contribution in [0.2, 0.25) is 0 Å². The average Bonchev–Trinajstić information content (AvgIpc) is 3.10. The van der Waals surface area contributed by atoms with E-state index in [-0.39, 0.29) is 5.56 Å². The highest BCUT2D eigenvalue weighted by atomic mass is 16.1. The largest absolute Gasteiger partial charge is 0.353 e. The lowest BCUT2D eigenvalue weighted by Crippen LogP contribution is -2.46. The number of rotatable bonds is 3. The highest BCUT2D eigenvalue weighted by Gasteiger charge is 2.21. The molecule has 0 aromatic carbocycles. The quantitative estimate of drug-likeness (QED) is 0.516. The van der Waals surface area contributed by atoms with Crippen LogP contribution < -0.4 is 10.5 Å². The maximum Gasteiger partial charge on any atom is 0.258 e. The van der Waals surface area contributed by atoms with Crippen LogP contribution in [0.5, 0.6) is 0 Å². The van der Waals surface area contributed by atoms with Crippen molar-refractivity contribution in [3.05, 3.63) is 58.5 Å². The van der Waals surface area contributed by atoms with Crippen molar-refractivity contribution in [3.8, 4) is 0 Å². The van der Waals surface area contributed by atoms with E-state index in [9.17, 15) is 4.79 Å². The minimum Gasteiger partial charge on any atom is -0.353 e. The standard InChI is InChI=1S/C20H22N8O/c1-14-3-4-17-24-15(9-18(29)28(17)11-14)12-26-5-7-27(8-6-26)20-16-10-23-25(2)19(16)21-13-22-20/h3-4,9-11,13H,5-8,12H2,1-2H3. The minimum absolute atomic E-state index is 0.0349. The molecule has 9 nitrogen and oxygen atoms in total. The van der Waals surface area contributed by atoms with Gasteiger partial charge in [-0.3, -0.25) is 18.8 Å². The number of fused-ring (bicyclic) bond motifs is 2. The average molecular weight is 390 g/mol. The van der Waals surface area contributed by atoms with Gasteiger partial charge in [0.1, 0.15) is 17.8 Å². The number of anilines is 1. The molecule has 0 amide bonds. The van der Waals surface area contributed by atoms with Gasteiger partial charge >= 0.3 is 0 Å². The van der Waals surface area contributed by atoms with E-state index in [0.29, 0.717) is 12.2 Å². The summed E-state index contributed by atoms with van der Waals surface area (Å²) in [6, 6.07) is 5.51. The topological polar surface area (TPSA) is 84.5 Å². The van der Waals surface area contributed by atoms with Crippen LogP contribution in [-0.4, -0.2) is 60.2 Å². The fourth-order valence-corrected chi connectivity index (χ4v) is 3.89. The van der Waals surface area contributed by atoms with Crippen molar-refractivity contribution < 1.29 is 0 Å². The molecule has 0 spiro atoms. The predicted octanol–water partition coefficient (Wildman–Crippen LogP) is 1.00. The Labute approximate surface area is 167 Å². The maximum atomic E-state index is 12.4. The Bertz CT molecular complexity index is 1250. The molecule has 1 fully saturated rings. The van der Waals surface area contributed by atoms with Crippen molar-refractivity contribution in [2.24, 2.45) is 7.05 Å². The van der Waals surface area contributed by atoms with Crippen LogP contribution in [0.15, 0.2) is 41.7 Å². The van der Waals surface area contributed by atoms with Gasteiger partial charge in [-0.05, 0) is 18.6 Å². The van der Waals surface area contributed by atoms with Crippen molar-refractivity contribution in [1.82, 2.24) is 34.0 Å². The van der Waals surface area contributed by atoms with E-state index in [2.05, 4.69) is 29.9 Å². The number of hydrogen-bond donors (Lipinski definition) is 0. The summed E-state index contributed by atoms with van der Waals surface area (Å²) in [6.45, 7) is 6.09. The second-order valence-electron chi connectivity index (χ2n) is 7.49. The third-order valence-electron chi connectivity index (χ3n) is 5.43. The Morgan fingerprint density at radius 2 is 1.93 bits per heavy atom. The van der Waals surface area contributed by atoms with E-state index in [4.69, 9.17) is 0 Å². The zero-order chi connectivity index (χ0) is 20.0. The number of piperazine rings is 1. The van der Waals surface area contributed by atoms with E-state index in [0.717, 1.165) is 54.3 Å². The first-order chi connectivity index (χ1) is 14.1. The Kier molecular flexibility index (Phi) is 4.24. The number of aromatic nitrogens is 6. The molecule has 1 aliphatic rings. The number of aryl methyl sites for hydroxylation is 2. The van der Waals surface area contributed by atoms with Gasteiger partial charge in [0.05, 0.1) is 17.3 Å². The highest BCUT2D eigenvalue weighted by molar-refractivity contribution is 5.86. The normalized spacial score (nSPS) is 15.4. The molecule has 1 aliphatic heterocycles. The van der Waals surface area contributed by atoms with E-state index >= 15 is 0 Å². The van der Waals surface area contributed by atoms with Crippen molar-refractivity contribution in [2.75, 3.05) is 31.1 Å². The van der Waals surface area contributed by atoms with Crippen molar-refractivity contribution in [3.63, 3.8) is 0 Å². The van der Waals surface area contributed by atoms with Gasteiger partial charge < -0.3 is 4.90 Å². The van der Waals surface area contributed by atoms with Crippen LogP contribution in [0.25, 0.3) is 16.7 Å². The van der Waals surface area contributed by atoms with Crippen LogP contribution in [-0.2, 0) is 13.6 Å². The van der Waals surface area contributed by atoms with Gasteiger partial charge in [-0.25, -0.2) is 15.0 Å². The molecule has 4 aromatic rings. The lowest BCUT2D eigenvalue weighted by Gasteiger charge is -2.35. The van der Waals surface area contributed by atoms with E-state index in [1.54, 1.807) is 21.5 Å². The summed E-state index contributed by atoms with van der Waals surface area (Å²) in [5.41, 5.74) is 3.35. The fourth-order valence-electron chi connectivity index (χ4n) is 3.89. The molecule has 5 rings (SSSR count). The van der Waals surface area contributed by atoms with Gasteiger partial charge in [0.25, 0.3) is 5.56 Å². The summed E-state index contributed by atoms with van der Waals surface area (Å²) in [4.78, 5) is 30.5. The van der Waals surface area contributed by atoms with Crippen molar-refractivity contribution >= 4 is 22.5 Å². The monoisotopic (exact) mass is 390 g/mol. The molecule has 0 bridgehead atoms. The van der Waals surface area contributed by atoms with Gasteiger partial charge in [-0.15, -0.1) is 0 Å². The van der Waals surface area contributed by atoms with Crippen molar-refractivity contribution in [1.29, 1.82) is 0 Å². The van der Waals surface area contributed by atoms with Crippen LogP contribution in [0.4, 0.5) is 5.82 Å². The molecular formula is C20H22N8O. The molecule has 9 heteroatoms. The zero-order valence-electron chi connectivity index (χ0n) is 16.5. The Hall–Kier alpha value is -3.33. The molecule has 0 atom stereocenters. The van der Waals surface area contributed by atoms with Gasteiger partial charge in [0.2, 0.25) is 0 Å². The Morgan fingerprint density at radius 3 is 2.76 bits per heavy atom. The molecule has 0 N–H and O–H groups in total. The maximum absolute atomic E-state index is 12.4. The van der Waals surface area contributed by atoms with Crippen LogP contribution in [0.3, 0.4) is 0 Å². The molecule has 5 heterocycles. The molecule has 0 aliphatic carbocycles. The summed E-state index contributed by atoms with van der Waals surface area (Å²) in [6.07, 6.45) is 5.25. The first-order valence-electron chi connectivity index (χ1n) is 9.67. The molecule has 0 saturated carbocycles. The number of pyridine rings is 1. The summed E-state index contributed by atoms with van der Waals surface area (Å²) in [7, 11) is 1.89. The first kappa shape index (κ1) is 17.7. The molecule has 0 unspecified atom stereocenters. The lowest BCUT2D eigenvalue weighted by molar-refractivity contribution is 0.247. The molecule has 1 saturated heterocycles. The molecular weight excluding hydrogens is 368 g/mol. The highest BCUT2D eigenvalue weighted by Crippen LogP contribution is 2.23. The zero-order valence-corrected chi connectivity index (χ0v) is 16.5. The third kappa shape index (κ3) is 3.23. The van der Waals surface area contributed by atoms with Crippen molar-refractivity contribution in [2.45, 2.75) is 13.5 Å². The van der Waals surface area contributed by atoms with E-state index in [1.807, 2.05) is 38.5 Å².